The van der Waals surface area contributed by atoms with E-state index in [1.807, 2.05) is 0 Å². The smallest absolute Gasteiger partial charge is 0.106 e. The van der Waals surface area contributed by atoms with Gasteiger partial charge in [0.05, 0.1) is 0 Å². The Kier molecular flexibility index (Phi) is 8.23. The molecule has 11 heavy (non-hydrogen) atoms. The predicted molar refractivity (Wildman–Crippen MR) is 47.1 cm³/mol. The Morgan fingerprint density at radius 2 is 2.36 bits per heavy atom. The van der Waals surface area contributed by atoms with Crippen LogP contribution in [-0.4, -0.2) is 13.3 Å². The van der Waals surface area contributed by atoms with Crippen LogP contribution in [0, 0.1) is 18.8 Å². The highest BCUT2D eigenvalue weighted by atomic mass is 16.6. The second kappa shape index (κ2) is 9.03. The first-order valence-electron chi connectivity index (χ1n) is 3.71. The molecule has 0 aromatic carbocycles. The Bertz CT molecular complexity index is 153. The van der Waals surface area contributed by atoms with Gasteiger partial charge in [-0.2, -0.15) is 0 Å². The van der Waals surface area contributed by atoms with Gasteiger partial charge in [0.25, 0.3) is 0 Å². The molecular formula is C9H14NO. The number of hydrogen-bond donors (Lipinski definition) is 0. The summed E-state index contributed by atoms with van der Waals surface area (Å²) in [6.07, 6.45) is 5.90. The van der Waals surface area contributed by atoms with E-state index in [1.165, 1.54) is 0 Å². The van der Waals surface area contributed by atoms with Crippen molar-refractivity contribution in [3.63, 3.8) is 0 Å². The van der Waals surface area contributed by atoms with E-state index in [-0.39, 0.29) is 0 Å². The zero-order chi connectivity index (χ0) is 8.36. The van der Waals surface area contributed by atoms with Crippen molar-refractivity contribution in [3.8, 4) is 11.8 Å². The highest BCUT2D eigenvalue weighted by Crippen LogP contribution is 1.96. The first kappa shape index (κ1) is 10.0. The van der Waals surface area contributed by atoms with Gasteiger partial charge in [0.15, 0.2) is 0 Å². The quantitative estimate of drug-likeness (QED) is 0.255. The molecular weight excluding hydrogens is 138 g/mol. The third-order valence-electron chi connectivity index (χ3n) is 1.19. The zero-order valence-electron chi connectivity index (χ0n) is 6.97. The van der Waals surface area contributed by atoms with Crippen LogP contribution in [0.1, 0.15) is 25.7 Å². The molecule has 0 saturated heterocycles. The van der Waals surface area contributed by atoms with E-state index in [4.69, 9.17) is 0 Å². The van der Waals surface area contributed by atoms with Crippen LogP contribution < -0.4 is 0 Å². The van der Waals surface area contributed by atoms with Crippen molar-refractivity contribution in [1.29, 1.82) is 0 Å². The molecule has 2 heteroatoms. The summed E-state index contributed by atoms with van der Waals surface area (Å²) in [5.74, 6) is 5.51. The minimum Gasteiger partial charge on any atom is -0.399 e. The first-order chi connectivity index (χ1) is 5.41. The highest BCUT2D eigenvalue weighted by molar-refractivity contribution is 5.56. The van der Waals surface area contributed by atoms with E-state index < -0.39 is 0 Å². The third kappa shape index (κ3) is 9.03. The van der Waals surface area contributed by atoms with Crippen LogP contribution in [0.2, 0.25) is 0 Å². The maximum atomic E-state index is 4.50. The van der Waals surface area contributed by atoms with Gasteiger partial charge >= 0.3 is 0 Å². The lowest BCUT2D eigenvalue weighted by molar-refractivity contribution is 0.214. The minimum atomic E-state index is 0.935. The van der Waals surface area contributed by atoms with Gasteiger partial charge in [0.2, 0.25) is 0 Å². The molecule has 0 aromatic heterocycles. The predicted octanol–water partition coefficient (Wildman–Crippen LogP) is 2.02. The monoisotopic (exact) mass is 152 g/mol. The van der Waals surface area contributed by atoms with Crippen LogP contribution in [0.25, 0.3) is 0 Å². The molecule has 0 aliphatic carbocycles. The molecule has 0 unspecified atom stereocenters. The van der Waals surface area contributed by atoms with Crippen molar-refractivity contribution < 1.29 is 4.84 Å². The van der Waals surface area contributed by atoms with Crippen LogP contribution in [0.15, 0.2) is 5.16 Å². The van der Waals surface area contributed by atoms with Gasteiger partial charge in [-0.15, -0.1) is 11.8 Å². The van der Waals surface area contributed by atoms with E-state index in [0.29, 0.717) is 0 Å². The van der Waals surface area contributed by atoms with Gasteiger partial charge < -0.3 is 4.84 Å². The van der Waals surface area contributed by atoms with E-state index in [0.717, 1.165) is 25.7 Å². The summed E-state index contributed by atoms with van der Waals surface area (Å²) in [5.41, 5.74) is 0. The van der Waals surface area contributed by atoms with Crippen molar-refractivity contribution in [2.45, 2.75) is 25.7 Å². The average molecular weight is 152 g/mol. The molecule has 0 N–H and O–H groups in total. The maximum absolute atomic E-state index is 4.50. The van der Waals surface area contributed by atoms with E-state index in [2.05, 4.69) is 28.8 Å². The first-order valence-corrected chi connectivity index (χ1v) is 3.71. The number of rotatable bonds is 5. The largest absolute Gasteiger partial charge is 0.399 e. The van der Waals surface area contributed by atoms with Crippen molar-refractivity contribution >= 4 is 6.21 Å². The topological polar surface area (TPSA) is 21.6 Å². The molecule has 61 valence electrons. The van der Waals surface area contributed by atoms with Crippen molar-refractivity contribution in [2.75, 3.05) is 7.11 Å². The Balaban J connectivity index is 3.00. The Morgan fingerprint density at radius 1 is 1.55 bits per heavy atom. The molecule has 0 spiro atoms. The highest BCUT2D eigenvalue weighted by Gasteiger charge is 1.82. The molecule has 2 nitrogen and oxygen atoms in total. The normalized spacial score (nSPS) is 9.27. The fourth-order valence-electron chi connectivity index (χ4n) is 0.665. The summed E-state index contributed by atoms with van der Waals surface area (Å²) >= 11 is 0. The van der Waals surface area contributed by atoms with Gasteiger partial charge in [-0.1, -0.05) is 5.16 Å². The molecule has 0 aliphatic rings. The van der Waals surface area contributed by atoms with Crippen LogP contribution >= 0.6 is 0 Å². The second-order valence-electron chi connectivity index (χ2n) is 2.07. The van der Waals surface area contributed by atoms with E-state index >= 15 is 0 Å². The van der Waals surface area contributed by atoms with Gasteiger partial charge in [0.1, 0.15) is 7.11 Å². The second-order valence-corrected chi connectivity index (χ2v) is 2.07. The molecule has 0 fully saturated rings. The molecule has 0 rings (SSSR count). The van der Waals surface area contributed by atoms with Gasteiger partial charge in [-0.3, -0.25) is 0 Å². The van der Waals surface area contributed by atoms with E-state index in [9.17, 15) is 0 Å². The summed E-state index contributed by atoms with van der Waals surface area (Å²) in [4.78, 5) is 4.50. The van der Waals surface area contributed by atoms with Crippen LogP contribution in [0.3, 0.4) is 0 Å². The zero-order valence-corrected chi connectivity index (χ0v) is 6.97. The number of hydrogen-bond acceptors (Lipinski definition) is 2. The molecule has 1 radical (unpaired) electrons. The van der Waals surface area contributed by atoms with Crippen LogP contribution in [-0.2, 0) is 4.84 Å². The summed E-state index contributed by atoms with van der Waals surface area (Å²) in [5, 5.41) is 3.62. The fraction of sp³-hybridized carbons (Fsp3) is 0.556. The summed E-state index contributed by atoms with van der Waals surface area (Å²) in [6.45, 7) is 3.43. The summed E-state index contributed by atoms with van der Waals surface area (Å²) in [7, 11) is 1.55. The number of unbranched alkanes of at least 4 members (excludes halogenated alkanes) is 3. The number of nitrogens with zero attached hydrogens (tertiary/aromatic N) is 1. The maximum Gasteiger partial charge on any atom is 0.106 e. The molecule has 0 saturated carbocycles. The standard InChI is InChI=1S/C9H14NO/c1-3-4-5-6-7-8-9-10-11-2/h9H,1,5-8H2,2H3. The van der Waals surface area contributed by atoms with Crippen LogP contribution in [0.4, 0.5) is 0 Å². The lowest BCUT2D eigenvalue weighted by Crippen LogP contribution is -1.78. The third-order valence-corrected chi connectivity index (χ3v) is 1.19. The fourth-order valence-corrected chi connectivity index (χ4v) is 0.665. The lowest BCUT2D eigenvalue weighted by Gasteiger charge is -1.89. The average Bonchev–Trinajstić information content (AvgIpc) is 2.03. The summed E-state index contributed by atoms with van der Waals surface area (Å²) < 4.78 is 0. The lowest BCUT2D eigenvalue weighted by atomic mass is 10.2. The molecule has 0 atom stereocenters. The summed E-state index contributed by atoms with van der Waals surface area (Å²) in [6, 6.07) is 0. The Labute approximate surface area is 68.6 Å². The molecule has 0 heterocycles. The minimum absolute atomic E-state index is 0.935. The number of oxime groups is 1. The Morgan fingerprint density at radius 3 is 3.00 bits per heavy atom. The van der Waals surface area contributed by atoms with Crippen molar-refractivity contribution in [2.24, 2.45) is 5.16 Å². The molecule has 0 aliphatic heterocycles. The van der Waals surface area contributed by atoms with Crippen molar-refractivity contribution in [3.05, 3.63) is 6.92 Å². The molecule has 0 aromatic rings. The van der Waals surface area contributed by atoms with E-state index in [1.54, 1.807) is 13.3 Å². The van der Waals surface area contributed by atoms with Gasteiger partial charge in [0, 0.05) is 19.6 Å². The molecule has 0 bridgehead atoms. The Hall–Kier alpha value is -0.970. The van der Waals surface area contributed by atoms with Crippen molar-refractivity contribution in [1.82, 2.24) is 0 Å². The SMILES string of the molecule is [CH2]C#CCCCCC=NOC. The van der Waals surface area contributed by atoms with Gasteiger partial charge in [-0.05, 0) is 19.3 Å². The molecule has 0 amide bonds. The van der Waals surface area contributed by atoms with Crippen LogP contribution in [0.5, 0.6) is 0 Å². The van der Waals surface area contributed by atoms with Gasteiger partial charge in [-0.25, -0.2) is 0 Å².